The van der Waals surface area contributed by atoms with Crippen LogP contribution in [0.3, 0.4) is 0 Å². The SMILES string of the molecule is COc1ccc(-n2nnnc2C=CNc2cc(OC)c(OC)cc2C(C)=O)cc1. The van der Waals surface area contributed by atoms with Crippen LogP contribution in [0.15, 0.2) is 42.6 Å². The molecule has 0 atom stereocenters. The monoisotopic (exact) mass is 395 g/mol. The van der Waals surface area contributed by atoms with Crippen LogP contribution < -0.4 is 19.5 Å². The fraction of sp³-hybridized carbons (Fsp3) is 0.200. The number of tetrazole rings is 1. The van der Waals surface area contributed by atoms with Gasteiger partial charge < -0.3 is 19.5 Å². The van der Waals surface area contributed by atoms with Crippen molar-refractivity contribution < 1.29 is 19.0 Å². The van der Waals surface area contributed by atoms with Crippen molar-refractivity contribution in [3.05, 3.63) is 54.0 Å². The van der Waals surface area contributed by atoms with Crippen LogP contribution in [0.5, 0.6) is 17.2 Å². The minimum Gasteiger partial charge on any atom is -0.497 e. The average Bonchev–Trinajstić information content (AvgIpc) is 3.21. The molecule has 1 heterocycles. The minimum absolute atomic E-state index is 0.107. The van der Waals surface area contributed by atoms with Gasteiger partial charge in [0.15, 0.2) is 23.1 Å². The van der Waals surface area contributed by atoms with Crippen LogP contribution in [0.4, 0.5) is 5.69 Å². The molecule has 1 aromatic heterocycles. The zero-order valence-corrected chi connectivity index (χ0v) is 16.5. The number of benzene rings is 2. The third kappa shape index (κ3) is 4.34. The van der Waals surface area contributed by atoms with Crippen LogP contribution >= 0.6 is 0 Å². The Bertz CT molecular complexity index is 1030. The van der Waals surface area contributed by atoms with Gasteiger partial charge in [-0.25, -0.2) is 0 Å². The van der Waals surface area contributed by atoms with Gasteiger partial charge in [0, 0.05) is 23.9 Å². The maximum atomic E-state index is 12.0. The number of hydrogen-bond acceptors (Lipinski definition) is 8. The maximum absolute atomic E-state index is 12.0. The van der Waals surface area contributed by atoms with Crippen LogP contribution in [0.1, 0.15) is 23.1 Å². The third-order valence-corrected chi connectivity index (χ3v) is 4.18. The van der Waals surface area contributed by atoms with Gasteiger partial charge in [-0.2, -0.15) is 4.68 Å². The first-order chi connectivity index (χ1) is 14.1. The molecule has 1 N–H and O–H groups in total. The summed E-state index contributed by atoms with van der Waals surface area (Å²) in [6.45, 7) is 1.49. The molecule has 0 amide bonds. The second-order valence-electron chi connectivity index (χ2n) is 5.93. The summed E-state index contributed by atoms with van der Waals surface area (Å²) in [4.78, 5) is 12.0. The Balaban J connectivity index is 1.85. The summed E-state index contributed by atoms with van der Waals surface area (Å²) in [7, 11) is 4.66. The Morgan fingerprint density at radius 2 is 1.72 bits per heavy atom. The molecule has 9 heteroatoms. The van der Waals surface area contributed by atoms with Crippen molar-refractivity contribution in [2.45, 2.75) is 6.92 Å². The first-order valence-electron chi connectivity index (χ1n) is 8.70. The summed E-state index contributed by atoms with van der Waals surface area (Å²) in [5.41, 5.74) is 1.84. The van der Waals surface area contributed by atoms with Crippen molar-refractivity contribution in [1.29, 1.82) is 0 Å². The molecule has 3 rings (SSSR count). The predicted octanol–water partition coefficient (Wildman–Crippen LogP) is 2.97. The second-order valence-corrected chi connectivity index (χ2v) is 5.93. The predicted molar refractivity (Wildman–Crippen MR) is 108 cm³/mol. The van der Waals surface area contributed by atoms with Crippen molar-refractivity contribution >= 4 is 17.5 Å². The van der Waals surface area contributed by atoms with Crippen molar-refractivity contribution in [3.63, 3.8) is 0 Å². The molecule has 0 radical (unpaired) electrons. The summed E-state index contributed by atoms with van der Waals surface area (Å²) >= 11 is 0. The van der Waals surface area contributed by atoms with Gasteiger partial charge in [0.2, 0.25) is 0 Å². The highest BCUT2D eigenvalue weighted by molar-refractivity contribution is 6.00. The Morgan fingerprint density at radius 3 is 2.34 bits per heavy atom. The van der Waals surface area contributed by atoms with Crippen LogP contribution in [-0.2, 0) is 0 Å². The van der Waals surface area contributed by atoms with Crippen LogP contribution in [-0.4, -0.2) is 47.3 Å². The van der Waals surface area contributed by atoms with Gasteiger partial charge in [0.25, 0.3) is 0 Å². The second kappa shape index (κ2) is 8.87. The smallest absolute Gasteiger partial charge is 0.181 e. The van der Waals surface area contributed by atoms with E-state index in [1.165, 1.54) is 21.1 Å². The molecular formula is C20H21N5O4. The van der Waals surface area contributed by atoms with Crippen molar-refractivity contribution in [3.8, 4) is 22.9 Å². The Labute approximate surface area is 167 Å². The maximum Gasteiger partial charge on any atom is 0.181 e. The molecule has 0 fully saturated rings. The molecule has 0 saturated heterocycles. The number of carbonyl (C=O) groups excluding carboxylic acids is 1. The van der Waals surface area contributed by atoms with E-state index in [1.807, 2.05) is 24.3 Å². The number of anilines is 1. The molecule has 3 aromatic rings. The largest absolute Gasteiger partial charge is 0.497 e. The lowest BCUT2D eigenvalue weighted by Crippen LogP contribution is -2.03. The molecule has 0 aliphatic heterocycles. The Kier molecular flexibility index (Phi) is 6.08. The molecular weight excluding hydrogens is 374 g/mol. The van der Waals surface area contributed by atoms with E-state index in [1.54, 1.807) is 36.2 Å². The van der Waals surface area contributed by atoms with E-state index in [-0.39, 0.29) is 5.78 Å². The summed E-state index contributed by atoms with van der Waals surface area (Å²) in [5, 5.41) is 14.8. The third-order valence-electron chi connectivity index (χ3n) is 4.18. The van der Waals surface area contributed by atoms with E-state index in [2.05, 4.69) is 20.8 Å². The van der Waals surface area contributed by atoms with Gasteiger partial charge in [-0.3, -0.25) is 4.79 Å². The normalized spacial score (nSPS) is 10.8. The number of nitrogens with one attached hydrogen (secondary N) is 1. The molecule has 29 heavy (non-hydrogen) atoms. The number of ketones is 1. The lowest BCUT2D eigenvalue weighted by Gasteiger charge is -2.13. The number of carbonyl (C=O) groups is 1. The highest BCUT2D eigenvalue weighted by Gasteiger charge is 2.14. The first-order valence-corrected chi connectivity index (χ1v) is 8.70. The van der Waals surface area contributed by atoms with Gasteiger partial charge in [-0.15, -0.1) is 5.10 Å². The number of Topliss-reactive ketones (excluding diaryl/α,β-unsaturated/α-hetero) is 1. The van der Waals surface area contributed by atoms with Crippen molar-refractivity contribution in [2.24, 2.45) is 0 Å². The molecule has 2 aromatic carbocycles. The Morgan fingerprint density at radius 1 is 1.03 bits per heavy atom. The van der Waals surface area contributed by atoms with Crippen LogP contribution in [0.25, 0.3) is 11.8 Å². The van der Waals surface area contributed by atoms with Gasteiger partial charge >= 0.3 is 0 Å². The molecule has 0 unspecified atom stereocenters. The fourth-order valence-corrected chi connectivity index (χ4v) is 2.70. The van der Waals surface area contributed by atoms with Crippen LogP contribution in [0.2, 0.25) is 0 Å². The zero-order chi connectivity index (χ0) is 20.8. The van der Waals surface area contributed by atoms with E-state index in [4.69, 9.17) is 14.2 Å². The lowest BCUT2D eigenvalue weighted by molar-refractivity contribution is 0.101. The van der Waals surface area contributed by atoms with Gasteiger partial charge in [-0.1, -0.05) is 0 Å². The van der Waals surface area contributed by atoms with E-state index >= 15 is 0 Å². The van der Waals surface area contributed by atoms with Crippen molar-refractivity contribution in [1.82, 2.24) is 20.2 Å². The molecule has 0 aliphatic carbocycles. The Hall–Kier alpha value is -3.88. The highest BCUT2D eigenvalue weighted by Crippen LogP contribution is 2.33. The summed E-state index contributed by atoms with van der Waals surface area (Å²) in [5.74, 6) is 2.13. The minimum atomic E-state index is -0.107. The summed E-state index contributed by atoms with van der Waals surface area (Å²) < 4.78 is 17.3. The fourth-order valence-electron chi connectivity index (χ4n) is 2.70. The highest BCUT2D eigenvalue weighted by atomic mass is 16.5. The number of rotatable bonds is 8. The van der Waals surface area contributed by atoms with E-state index in [0.29, 0.717) is 28.6 Å². The lowest BCUT2D eigenvalue weighted by atomic mass is 10.1. The quantitative estimate of drug-likeness (QED) is 0.581. The average molecular weight is 395 g/mol. The molecule has 0 spiro atoms. The summed E-state index contributed by atoms with van der Waals surface area (Å²) in [6, 6.07) is 10.7. The number of ether oxygens (including phenoxy) is 3. The number of methoxy groups -OCH3 is 3. The zero-order valence-electron chi connectivity index (χ0n) is 16.5. The van der Waals surface area contributed by atoms with Crippen molar-refractivity contribution in [2.75, 3.05) is 26.6 Å². The number of aromatic nitrogens is 4. The number of nitrogens with zero attached hydrogens (tertiary/aromatic N) is 4. The number of hydrogen-bond donors (Lipinski definition) is 1. The molecule has 0 bridgehead atoms. The molecule has 150 valence electrons. The molecule has 0 aliphatic rings. The standard InChI is InChI=1S/C20H21N5O4/c1-13(26)16-11-18(28-3)19(29-4)12-17(16)21-10-9-20-22-23-24-25(20)14-5-7-15(27-2)8-6-14/h5-12,21H,1-4H3. The van der Waals surface area contributed by atoms with Gasteiger partial charge in [0.05, 0.1) is 32.7 Å². The van der Waals surface area contributed by atoms with E-state index < -0.39 is 0 Å². The van der Waals surface area contributed by atoms with Gasteiger partial charge in [0.1, 0.15) is 5.75 Å². The summed E-state index contributed by atoms with van der Waals surface area (Å²) in [6.07, 6.45) is 3.35. The van der Waals surface area contributed by atoms with E-state index in [9.17, 15) is 4.79 Å². The topological polar surface area (TPSA) is 100 Å². The van der Waals surface area contributed by atoms with E-state index in [0.717, 1.165) is 11.4 Å². The molecule has 9 nitrogen and oxygen atoms in total. The van der Waals surface area contributed by atoms with Gasteiger partial charge in [-0.05, 0) is 47.7 Å². The first kappa shape index (κ1) is 19.9. The molecule has 0 saturated carbocycles. The van der Waals surface area contributed by atoms with Crippen LogP contribution in [0, 0.1) is 0 Å².